The van der Waals surface area contributed by atoms with Crippen molar-refractivity contribution in [2.24, 2.45) is 5.92 Å². The predicted molar refractivity (Wildman–Crippen MR) is 85.6 cm³/mol. The number of hydrogen-bond donors (Lipinski definition) is 2. The molecule has 2 rings (SSSR count). The van der Waals surface area contributed by atoms with E-state index in [0.717, 1.165) is 0 Å². The number of benzene rings is 1. The maximum absolute atomic E-state index is 12.4. The van der Waals surface area contributed by atoms with Gasteiger partial charge in [0, 0.05) is 17.8 Å². The van der Waals surface area contributed by atoms with Crippen LogP contribution in [0, 0.1) is 17.2 Å². The first-order chi connectivity index (χ1) is 11.5. The third kappa shape index (κ3) is 3.79. The molecular formula is C17H17N3O4. The summed E-state index contributed by atoms with van der Waals surface area (Å²) in [7, 11) is 0. The van der Waals surface area contributed by atoms with Crippen LogP contribution in [-0.4, -0.2) is 24.4 Å². The summed E-state index contributed by atoms with van der Waals surface area (Å²) in [6, 6.07) is 8.17. The summed E-state index contributed by atoms with van der Waals surface area (Å²) < 4.78 is 4.88. The molecule has 1 heterocycles. The molecule has 0 bridgehead atoms. The summed E-state index contributed by atoms with van der Waals surface area (Å²) in [5.41, 5.74) is 1.48. The van der Waals surface area contributed by atoms with E-state index in [-0.39, 0.29) is 24.5 Å². The summed E-state index contributed by atoms with van der Waals surface area (Å²) in [6.07, 6.45) is -0.0764. The number of ether oxygens (including phenoxy) is 1. The average Bonchev–Trinajstić information content (AvgIpc) is 2.55. The zero-order valence-corrected chi connectivity index (χ0v) is 13.4. The molecule has 1 aliphatic rings. The third-order valence-corrected chi connectivity index (χ3v) is 3.57. The number of nitriles is 1. The molecule has 0 saturated carbocycles. The SMILES string of the molecule is CCOC(=O)c1ccc(NC(=O)[C@@H]2CC(=O)NC(C)=C2C#N)cc1. The number of carbonyl (C=O) groups is 3. The van der Waals surface area contributed by atoms with Crippen LogP contribution in [0.4, 0.5) is 5.69 Å². The summed E-state index contributed by atoms with van der Waals surface area (Å²) in [4.78, 5) is 35.6. The van der Waals surface area contributed by atoms with Crippen molar-refractivity contribution in [2.45, 2.75) is 20.3 Å². The number of esters is 1. The third-order valence-electron chi connectivity index (χ3n) is 3.57. The van der Waals surface area contributed by atoms with E-state index in [1.54, 1.807) is 26.0 Å². The lowest BCUT2D eigenvalue weighted by atomic mass is 9.90. The first-order valence-corrected chi connectivity index (χ1v) is 7.45. The van der Waals surface area contributed by atoms with Gasteiger partial charge in [-0.25, -0.2) is 4.79 Å². The summed E-state index contributed by atoms with van der Waals surface area (Å²) in [5, 5.41) is 14.4. The second kappa shape index (κ2) is 7.42. The number of allylic oxidation sites excluding steroid dienone is 1. The van der Waals surface area contributed by atoms with Gasteiger partial charge in [-0.2, -0.15) is 5.26 Å². The normalized spacial score (nSPS) is 16.9. The molecule has 0 aromatic heterocycles. The molecule has 0 spiro atoms. The van der Waals surface area contributed by atoms with E-state index in [9.17, 15) is 19.6 Å². The fraction of sp³-hybridized carbons (Fsp3) is 0.294. The molecule has 0 unspecified atom stereocenters. The van der Waals surface area contributed by atoms with Gasteiger partial charge < -0.3 is 15.4 Å². The lowest BCUT2D eigenvalue weighted by Gasteiger charge is -2.22. The summed E-state index contributed by atoms with van der Waals surface area (Å²) >= 11 is 0. The molecule has 2 N–H and O–H groups in total. The monoisotopic (exact) mass is 327 g/mol. The fourth-order valence-corrected chi connectivity index (χ4v) is 2.40. The van der Waals surface area contributed by atoms with E-state index in [4.69, 9.17) is 4.74 Å². The topological polar surface area (TPSA) is 108 Å². The molecule has 0 saturated heterocycles. The van der Waals surface area contributed by atoms with Gasteiger partial charge in [0.15, 0.2) is 0 Å². The molecule has 1 aromatic carbocycles. The number of carbonyl (C=O) groups excluding carboxylic acids is 3. The first-order valence-electron chi connectivity index (χ1n) is 7.45. The van der Waals surface area contributed by atoms with Crippen molar-refractivity contribution in [2.75, 3.05) is 11.9 Å². The van der Waals surface area contributed by atoms with E-state index in [1.807, 2.05) is 6.07 Å². The Morgan fingerprint density at radius 3 is 2.62 bits per heavy atom. The summed E-state index contributed by atoms with van der Waals surface area (Å²) in [5.74, 6) is -2.01. The Morgan fingerprint density at radius 1 is 1.38 bits per heavy atom. The van der Waals surface area contributed by atoms with Crippen LogP contribution >= 0.6 is 0 Å². The quantitative estimate of drug-likeness (QED) is 0.819. The second-order valence-electron chi connectivity index (χ2n) is 5.24. The highest BCUT2D eigenvalue weighted by Crippen LogP contribution is 2.24. The van der Waals surface area contributed by atoms with Crippen molar-refractivity contribution < 1.29 is 19.1 Å². The number of hydrogen-bond acceptors (Lipinski definition) is 5. The highest BCUT2D eigenvalue weighted by Gasteiger charge is 2.31. The molecule has 7 heteroatoms. The Balaban J connectivity index is 2.12. The second-order valence-corrected chi connectivity index (χ2v) is 5.24. The number of nitrogens with zero attached hydrogens (tertiary/aromatic N) is 1. The van der Waals surface area contributed by atoms with E-state index < -0.39 is 17.8 Å². The highest BCUT2D eigenvalue weighted by molar-refractivity contribution is 5.99. The van der Waals surface area contributed by atoms with Gasteiger partial charge in [0.05, 0.1) is 29.7 Å². The molecule has 24 heavy (non-hydrogen) atoms. The van der Waals surface area contributed by atoms with Gasteiger partial charge in [-0.3, -0.25) is 9.59 Å². The number of nitrogens with one attached hydrogen (secondary N) is 2. The molecule has 0 fully saturated rings. The molecule has 0 radical (unpaired) electrons. The highest BCUT2D eigenvalue weighted by atomic mass is 16.5. The Labute approximate surface area is 139 Å². The minimum absolute atomic E-state index is 0.0764. The first kappa shape index (κ1) is 17.2. The Bertz CT molecular complexity index is 744. The average molecular weight is 327 g/mol. The van der Waals surface area contributed by atoms with Crippen molar-refractivity contribution in [3.05, 3.63) is 41.1 Å². The Kier molecular flexibility index (Phi) is 5.32. The largest absolute Gasteiger partial charge is 0.462 e. The molecule has 1 aromatic rings. The zero-order chi connectivity index (χ0) is 17.7. The van der Waals surface area contributed by atoms with Crippen molar-refractivity contribution in [3.8, 4) is 6.07 Å². The van der Waals surface area contributed by atoms with Crippen LogP contribution in [0.2, 0.25) is 0 Å². The van der Waals surface area contributed by atoms with Crippen molar-refractivity contribution in [1.29, 1.82) is 5.26 Å². The molecular weight excluding hydrogens is 310 g/mol. The lowest BCUT2D eigenvalue weighted by molar-refractivity contribution is -0.126. The van der Waals surface area contributed by atoms with Crippen LogP contribution in [0.3, 0.4) is 0 Å². The van der Waals surface area contributed by atoms with Crippen LogP contribution in [-0.2, 0) is 14.3 Å². The number of rotatable bonds is 4. The molecule has 7 nitrogen and oxygen atoms in total. The van der Waals surface area contributed by atoms with Crippen molar-refractivity contribution in [1.82, 2.24) is 5.32 Å². The Hall–Kier alpha value is -3.14. The smallest absolute Gasteiger partial charge is 0.338 e. The maximum atomic E-state index is 12.4. The lowest BCUT2D eigenvalue weighted by Crippen LogP contribution is -2.37. The van der Waals surface area contributed by atoms with Crippen LogP contribution in [0.1, 0.15) is 30.6 Å². The standard InChI is InChI=1S/C17H17N3O4/c1-3-24-17(23)11-4-6-12(7-5-11)20-16(22)13-8-15(21)19-10(2)14(13)9-18/h4-7,13H,3,8H2,1-2H3,(H,19,21)(H,20,22)/t13-/m1/s1. The van der Waals surface area contributed by atoms with Gasteiger partial charge in [0.25, 0.3) is 0 Å². The van der Waals surface area contributed by atoms with Crippen molar-refractivity contribution in [3.63, 3.8) is 0 Å². The molecule has 124 valence electrons. The molecule has 0 aliphatic carbocycles. The number of amides is 2. The van der Waals surface area contributed by atoms with Crippen LogP contribution < -0.4 is 10.6 Å². The number of anilines is 1. The van der Waals surface area contributed by atoms with Gasteiger partial charge in [-0.1, -0.05) is 0 Å². The molecule has 1 aliphatic heterocycles. The fourth-order valence-electron chi connectivity index (χ4n) is 2.40. The van der Waals surface area contributed by atoms with Gasteiger partial charge in [-0.15, -0.1) is 0 Å². The van der Waals surface area contributed by atoms with E-state index >= 15 is 0 Å². The van der Waals surface area contributed by atoms with E-state index in [2.05, 4.69) is 10.6 Å². The predicted octanol–water partition coefficient (Wildman–Crippen LogP) is 1.74. The van der Waals surface area contributed by atoms with Crippen LogP contribution in [0.25, 0.3) is 0 Å². The van der Waals surface area contributed by atoms with Gasteiger partial charge in [0.1, 0.15) is 0 Å². The van der Waals surface area contributed by atoms with E-state index in [0.29, 0.717) is 16.9 Å². The van der Waals surface area contributed by atoms with Crippen molar-refractivity contribution >= 4 is 23.5 Å². The summed E-state index contributed by atoms with van der Waals surface area (Å²) in [6.45, 7) is 3.59. The van der Waals surface area contributed by atoms with Gasteiger partial charge in [-0.05, 0) is 38.1 Å². The maximum Gasteiger partial charge on any atom is 0.338 e. The molecule has 1 atom stereocenters. The molecule has 2 amide bonds. The van der Waals surface area contributed by atoms with E-state index in [1.165, 1.54) is 12.1 Å². The minimum Gasteiger partial charge on any atom is -0.462 e. The van der Waals surface area contributed by atoms with Gasteiger partial charge in [0.2, 0.25) is 11.8 Å². The minimum atomic E-state index is -0.825. The van der Waals surface area contributed by atoms with Gasteiger partial charge >= 0.3 is 5.97 Å². The zero-order valence-electron chi connectivity index (χ0n) is 13.4. The van der Waals surface area contributed by atoms with Crippen LogP contribution in [0.5, 0.6) is 0 Å². The Morgan fingerprint density at radius 2 is 2.04 bits per heavy atom. The van der Waals surface area contributed by atoms with Crippen LogP contribution in [0.15, 0.2) is 35.5 Å².